The van der Waals surface area contributed by atoms with Gasteiger partial charge >= 0.3 is 0 Å². The Morgan fingerprint density at radius 2 is 1.76 bits per heavy atom. The molecule has 0 unspecified atom stereocenters. The first-order valence-corrected chi connectivity index (χ1v) is 11.5. The molecule has 2 atom stereocenters. The van der Waals surface area contributed by atoms with Gasteiger partial charge in [-0.15, -0.1) is 5.10 Å². The number of carbonyl (C=O) groups is 2. The lowest BCUT2D eigenvalue weighted by Crippen LogP contribution is -2.52. The first kappa shape index (κ1) is 23.0. The van der Waals surface area contributed by atoms with Gasteiger partial charge < -0.3 is 15.5 Å². The number of nitrogens with one attached hydrogen (secondary N) is 2. The molecule has 0 spiro atoms. The highest BCUT2D eigenvalue weighted by Gasteiger charge is 2.26. The van der Waals surface area contributed by atoms with Crippen molar-refractivity contribution in [3.8, 4) is 11.3 Å². The number of benzene rings is 1. The molecule has 1 aromatic carbocycles. The maximum atomic E-state index is 13.2. The molecule has 2 amide bonds. The second kappa shape index (κ2) is 10.7. The normalized spacial score (nSPS) is 21.5. The van der Waals surface area contributed by atoms with Crippen LogP contribution in [-0.4, -0.2) is 76.7 Å². The summed E-state index contributed by atoms with van der Waals surface area (Å²) in [4.78, 5) is 32.6. The van der Waals surface area contributed by atoms with E-state index in [1.807, 2.05) is 4.90 Å². The van der Waals surface area contributed by atoms with Gasteiger partial charge in [0.25, 0.3) is 0 Å². The number of hydrogen-bond acceptors (Lipinski definition) is 7. The van der Waals surface area contributed by atoms with Crippen molar-refractivity contribution in [2.75, 3.05) is 37.6 Å². The van der Waals surface area contributed by atoms with Gasteiger partial charge in [-0.25, -0.2) is 9.37 Å². The van der Waals surface area contributed by atoms with Crippen LogP contribution in [0.1, 0.15) is 32.6 Å². The Bertz CT molecular complexity index is 964. The maximum absolute atomic E-state index is 13.2. The number of aromatic nitrogens is 3. The molecule has 4 rings (SSSR count). The summed E-state index contributed by atoms with van der Waals surface area (Å²) < 4.78 is 13.2. The third kappa shape index (κ3) is 6.44. The van der Waals surface area contributed by atoms with Crippen molar-refractivity contribution in [3.05, 3.63) is 36.3 Å². The van der Waals surface area contributed by atoms with E-state index in [1.54, 1.807) is 18.3 Å². The SMILES string of the molecule is CC(=O)N[C@@H]1CCC[C@H](NC(=O)CN2CCN(c3nncc(-c4ccc(F)cc4)n3)CC2)C1. The average molecular weight is 456 g/mol. The van der Waals surface area contributed by atoms with E-state index < -0.39 is 0 Å². The fourth-order valence-electron chi connectivity index (χ4n) is 4.51. The van der Waals surface area contributed by atoms with Crippen LogP contribution in [0.4, 0.5) is 10.3 Å². The summed E-state index contributed by atoms with van der Waals surface area (Å²) in [6.45, 7) is 4.70. The number of rotatable bonds is 6. The molecule has 33 heavy (non-hydrogen) atoms. The summed E-state index contributed by atoms with van der Waals surface area (Å²) in [5, 5.41) is 14.3. The molecule has 1 aromatic heterocycles. The molecule has 2 heterocycles. The van der Waals surface area contributed by atoms with Gasteiger partial charge in [0.2, 0.25) is 17.8 Å². The van der Waals surface area contributed by atoms with E-state index >= 15 is 0 Å². The van der Waals surface area contributed by atoms with Crippen molar-refractivity contribution in [2.45, 2.75) is 44.7 Å². The smallest absolute Gasteiger partial charge is 0.245 e. The third-order valence-corrected chi connectivity index (χ3v) is 6.16. The van der Waals surface area contributed by atoms with Gasteiger partial charge in [0, 0.05) is 50.7 Å². The van der Waals surface area contributed by atoms with Gasteiger partial charge in [-0.1, -0.05) is 0 Å². The Labute approximate surface area is 192 Å². The predicted molar refractivity (Wildman–Crippen MR) is 122 cm³/mol. The van der Waals surface area contributed by atoms with Crippen LogP contribution >= 0.6 is 0 Å². The van der Waals surface area contributed by atoms with Crippen LogP contribution in [0.2, 0.25) is 0 Å². The van der Waals surface area contributed by atoms with Crippen molar-refractivity contribution in [1.82, 2.24) is 30.7 Å². The van der Waals surface area contributed by atoms with Gasteiger partial charge in [0.15, 0.2) is 0 Å². The molecule has 2 aliphatic rings. The summed E-state index contributed by atoms with van der Waals surface area (Å²) in [5.74, 6) is 0.240. The van der Waals surface area contributed by atoms with Crippen molar-refractivity contribution >= 4 is 17.8 Å². The lowest BCUT2D eigenvalue weighted by Gasteiger charge is -2.35. The molecular formula is C23H30FN7O2. The monoisotopic (exact) mass is 455 g/mol. The van der Waals surface area contributed by atoms with Gasteiger partial charge in [-0.3, -0.25) is 14.5 Å². The highest BCUT2D eigenvalue weighted by atomic mass is 19.1. The van der Waals surface area contributed by atoms with Crippen molar-refractivity contribution in [3.63, 3.8) is 0 Å². The minimum absolute atomic E-state index is 0.0211. The summed E-state index contributed by atoms with van der Waals surface area (Å²) in [6.07, 6.45) is 5.27. The minimum atomic E-state index is -0.294. The fourth-order valence-corrected chi connectivity index (χ4v) is 4.51. The molecule has 1 aliphatic carbocycles. The maximum Gasteiger partial charge on any atom is 0.245 e. The number of piperazine rings is 1. The second-order valence-electron chi connectivity index (χ2n) is 8.74. The number of hydrogen-bond donors (Lipinski definition) is 2. The molecule has 176 valence electrons. The van der Waals surface area contributed by atoms with Crippen LogP contribution in [0.3, 0.4) is 0 Å². The van der Waals surface area contributed by atoms with E-state index in [1.165, 1.54) is 19.1 Å². The molecule has 1 aliphatic heterocycles. The van der Waals surface area contributed by atoms with E-state index in [2.05, 4.69) is 30.7 Å². The molecule has 2 fully saturated rings. The van der Waals surface area contributed by atoms with Gasteiger partial charge in [0.1, 0.15) is 5.82 Å². The Balaban J connectivity index is 1.25. The second-order valence-corrected chi connectivity index (χ2v) is 8.74. The average Bonchev–Trinajstić information content (AvgIpc) is 2.80. The first-order chi connectivity index (χ1) is 16.0. The van der Waals surface area contributed by atoms with Gasteiger partial charge in [0.05, 0.1) is 18.4 Å². The van der Waals surface area contributed by atoms with Crippen LogP contribution in [0.25, 0.3) is 11.3 Å². The third-order valence-electron chi connectivity index (χ3n) is 6.16. The Morgan fingerprint density at radius 3 is 2.45 bits per heavy atom. The fraction of sp³-hybridized carbons (Fsp3) is 0.522. The number of nitrogens with zero attached hydrogens (tertiary/aromatic N) is 5. The van der Waals surface area contributed by atoms with Crippen LogP contribution in [0.15, 0.2) is 30.5 Å². The number of amides is 2. The molecule has 10 heteroatoms. The van der Waals surface area contributed by atoms with E-state index in [0.29, 0.717) is 31.3 Å². The molecule has 0 bridgehead atoms. The lowest BCUT2D eigenvalue weighted by molar-refractivity contribution is -0.123. The molecule has 2 aromatic rings. The summed E-state index contributed by atoms with van der Waals surface area (Å²) >= 11 is 0. The summed E-state index contributed by atoms with van der Waals surface area (Å²) in [5.41, 5.74) is 1.43. The van der Waals surface area contributed by atoms with E-state index in [9.17, 15) is 14.0 Å². The largest absolute Gasteiger partial charge is 0.354 e. The van der Waals surface area contributed by atoms with E-state index in [0.717, 1.165) is 44.3 Å². The highest BCUT2D eigenvalue weighted by Crippen LogP contribution is 2.20. The lowest BCUT2D eigenvalue weighted by atomic mass is 9.91. The van der Waals surface area contributed by atoms with Crippen molar-refractivity contribution < 1.29 is 14.0 Å². The van der Waals surface area contributed by atoms with Gasteiger partial charge in [-0.05, 0) is 49.9 Å². The zero-order chi connectivity index (χ0) is 23.2. The molecule has 2 N–H and O–H groups in total. The zero-order valence-electron chi connectivity index (χ0n) is 18.8. The standard InChI is InChI=1S/C23H30FN7O2/c1-16(32)26-19-3-2-4-20(13-19)27-22(33)15-30-9-11-31(12-10-30)23-28-21(14-25-29-23)17-5-7-18(24)8-6-17/h5-8,14,19-20H,2-4,9-13,15H2,1H3,(H,26,32)(H,27,33)/t19-,20+/m1/s1. The Morgan fingerprint density at radius 1 is 1.06 bits per heavy atom. The number of anilines is 1. The molecule has 0 radical (unpaired) electrons. The van der Waals surface area contributed by atoms with Crippen LogP contribution in [-0.2, 0) is 9.59 Å². The van der Waals surface area contributed by atoms with Gasteiger partial charge in [-0.2, -0.15) is 5.10 Å². The molecule has 1 saturated carbocycles. The Kier molecular flexibility index (Phi) is 7.43. The van der Waals surface area contributed by atoms with Crippen molar-refractivity contribution in [1.29, 1.82) is 0 Å². The topological polar surface area (TPSA) is 103 Å². The Hall–Kier alpha value is -3.14. The summed E-state index contributed by atoms with van der Waals surface area (Å²) in [6, 6.07) is 6.39. The predicted octanol–water partition coefficient (Wildman–Crippen LogP) is 1.36. The van der Waals surface area contributed by atoms with Crippen LogP contribution in [0, 0.1) is 5.82 Å². The zero-order valence-corrected chi connectivity index (χ0v) is 18.8. The van der Waals surface area contributed by atoms with E-state index in [-0.39, 0.29) is 29.7 Å². The number of carbonyl (C=O) groups excluding carboxylic acids is 2. The highest BCUT2D eigenvalue weighted by molar-refractivity contribution is 5.78. The molecule has 9 nitrogen and oxygen atoms in total. The molecule has 1 saturated heterocycles. The molecular weight excluding hydrogens is 425 g/mol. The van der Waals surface area contributed by atoms with E-state index in [4.69, 9.17) is 0 Å². The van der Waals surface area contributed by atoms with Crippen molar-refractivity contribution in [2.24, 2.45) is 0 Å². The quantitative estimate of drug-likeness (QED) is 0.678. The van der Waals surface area contributed by atoms with Crippen LogP contribution < -0.4 is 15.5 Å². The minimum Gasteiger partial charge on any atom is -0.354 e. The number of halogens is 1. The first-order valence-electron chi connectivity index (χ1n) is 11.5. The van der Waals surface area contributed by atoms with Crippen LogP contribution in [0.5, 0.6) is 0 Å². The summed E-state index contributed by atoms with van der Waals surface area (Å²) in [7, 11) is 0.